The Balaban J connectivity index is 2.20. The quantitative estimate of drug-likeness (QED) is 0.662. The van der Waals surface area contributed by atoms with Crippen molar-refractivity contribution in [3.05, 3.63) is 29.1 Å². The molecule has 0 aliphatic heterocycles. The van der Waals surface area contributed by atoms with Gasteiger partial charge in [-0.3, -0.25) is 4.79 Å². The number of hydrogen-bond acceptors (Lipinski definition) is 2. The van der Waals surface area contributed by atoms with Gasteiger partial charge in [0.05, 0.1) is 5.56 Å². The first-order valence-corrected chi connectivity index (χ1v) is 7.22. The summed E-state index contributed by atoms with van der Waals surface area (Å²) in [6.45, 7) is 0. The van der Waals surface area contributed by atoms with Gasteiger partial charge in [0, 0.05) is 11.9 Å². The summed E-state index contributed by atoms with van der Waals surface area (Å²) in [5.74, 6) is -6.61. The fraction of sp³-hybridized carbons (Fsp3) is 0.500. The second kappa shape index (κ2) is 6.56. The van der Waals surface area contributed by atoms with E-state index in [1.54, 1.807) is 0 Å². The van der Waals surface area contributed by atoms with E-state index in [4.69, 9.17) is 16.7 Å². The molecule has 1 fully saturated rings. The van der Waals surface area contributed by atoms with E-state index < -0.39 is 34.7 Å². The van der Waals surface area contributed by atoms with Crippen LogP contribution in [0.5, 0.6) is 5.75 Å². The molecule has 7 heteroatoms. The van der Waals surface area contributed by atoms with Gasteiger partial charge in [-0.05, 0) is 24.8 Å². The molecule has 1 aromatic rings. The molecule has 116 valence electrons. The van der Waals surface area contributed by atoms with Gasteiger partial charge < -0.3 is 10.4 Å². The Morgan fingerprint density at radius 3 is 2.62 bits per heavy atom. The van der Waals surface area contributed by atoms with Crippen LogP contribution in [0.4, 0.5) is 13.2 Å². The number of hydrogen-bond donors (Lipinski definition) is 2. The van der Waals surface area contributed by atoms with Crippen molar-refractivity contribution in [2.75, 3.05) is 5.88 Å². The van der Waals surface area contributed by atoms with Crippen LogP contribution in [0.1, 0.15) is 36.0 Å². The first-order chi connectivity index (χ1) is 9.95. The van der Waals surface area contributed by atoms with Crippen molar-refractivity contribution in [1.82, 2.24) is 5.32 Å². The minimum absolute atomic E-state index is 0.0614. The fourth-order valence-corrected chi connectivity index (χ4v) is 2.95. The molecule has 0 spiro atoms. The van der Waals surface area contributed by atoms with Crippen molar-refractivity contribution in [1.29, 1.82) is 0 Å². The standard InChI is InChI=1S/C14H15ClF3NO2/c15-6-7-3-1-2-4-10(7)19-14(21)8-5-9(16)12(18)13(20)11(8)17/h5,7,10,20H,1-4,6H2,(H,19,21). The van der Waals surface area contributed by atoms with E-state index in [0.29, 0.717) is 18.4 Å². The van der Waals surface area contributed by atoms with Gasteiger partial charge in [-0.2, -0.15) is 4.39 Å². The van der Waals surface area contributed by atoms with Crippen molar-refractivity contribution in [2.24, 2.45) is 5.92 Å². The summed E-state index contributed by atoms with van der Waals surface area (Å²) < 4.78 is 39.9. The number of carbonyl (C=O) groups excluding carboxylic acids is 1. The van der Waals surface area contributed by atoms with Crippen molar-refractivity contribution >= 4 is 17.5 Å². The summed E-state index contributed by atoms with van der Waals surface area (Å²) in [5.41, 5.74) is -0.717. The third kappa shape index (κ3) is 3.26. The zero-order valence-corrected chi connectivity index (χ0v) is 11.9. The smallest absolute Gasteiger partial charge is 0.254 e. The summed E-state index contributed by atoms with van der Waals surface area (Å²) in [5, 5.41) is 11.7. The van der Waals surface area contributed by atoms with Crippen molar-refractivity contribution in [3.63, 3.8) is 0 Å². The minimum atomic E-state index is -1.71. The monoisotopic (exact) mass is 321 g/mol. The molecular formula is C14H15ClF3NO2. The third-order valence-corrected chi connectivity index (χ3v) is 4.20. The van der Waals surface area contributed by atoms with Crippen LogP contribution in [0, 0.1) is 23.4 Å². The van der Waals surface area contributed by atoms with Crippen LogP contribution in [0.25, 0.3) is 0 Å². The lowest BCUT2D eigenvalue weighted by atomic mass is 9.85. The van der Waals surface area contributed by atoms with Gasteiger partial charge in [0.25, 0.3) is 5.91 Å². The SMILES string of the molecule is O=C(NC1CCCCC1CCl)c1cc(F)c(F)c(O)c1F. The number of amides is 1. The number of nitrogens with one attached hydrogen (secondary N) is 1. The molecule has 1 aliphatic rings. The molecule has 2 unspecified atom stereocenters. The van der Waals surface area contributed by atoms with Gasteiger partial charge in [0.1, 0.15) is 0 Å². The summed E-state index contributed by atoms with van der Waals surface area (Å²) in [6.07, 6.45) is 3.45. The number of aromatic hydroxyl groups is 1. The van der Waals surface area contributed by atoms with Gasteiger partial charge in [-0.1, -0.05) is 12.8 Å². The number of carbonyl (C=O) groups is 1. The Morgan fingerprint density at radius 1 is 1.29 bits per heavy atom. The van der Waals surface area contributed by atoms with E-state index >= 15 is 0 Å². The Labute approximate surface area is 125 Å². The van der Waals surface area contributed by atoms with E-state index in [1.165, 1.54) is 0 Å². The molecule has 0 aromatic heterocycles. The largest absolute Gasteiger partial charge is 0.503 e. The summed E-state index contributed by atoms with van der Waals surface area (Å²) in [4.78, 5) is 12.0. The Bertz CT molecular complexity index is 554. The van der Waals surface area contributed by atoms with Gasteiger partial charge >= 0.3 is 0 Å². The van der Waals surface area contributed by atoms with Crippen LogP contribution in [0.15, 0.2) is 6.07 Å². The molecule has 2 rings (SSSR count). The Morgan fingerprint density at radius 2 is 1.95 bits per heavy atom. The van der Waals surface area contributed by atoms with E-state index in [9.17, 15) is 18.0 Å². The molecule has 0 heterocycles. The van der Waals surface area contributed by atoms with Gasteiger partial charge in [0.15, 0.2) is 17.4 Å². The lowest BCUT2D eigenvalue weighted by molar-refractivity contribution is 0.0905. The summed E-state index contributed by atoms with van der Waals surface area (Å²) in [7, 11) is 0. The van der Waals surface area contributed by atoms with Crippen LogP contribution < -0.4 is 5.32 Å². The maximum atomic E-state index is 13.7. The summed E-state index contributed by atoms with van der Waals surface area (Å²) in [6, 6.07) is 0.205. The van der Waals surface area contributed by atoms with Crippen LogP contribution in [0.2, 0.25) is 0 Å². The van der Waals surface area contributed by atoms with Crippen molar-refractivity contribution in [3.8, 4) is 5.75 Å². The van der Waals surface area contributed by atoms with Crippen LogP contribution in [0.3, 0.4) is 0 Å². The molecular weight excluding hydrogens is 307 g/mol. The molecule has 2 N–H and O–H groups in total. The maximum absolute atomic E-state index is 13.7. The zero-order chi connectivity index (χ0) is 15.6. The highest BCUT2D eigenvalue weighted by molar-refractivity contribution is 6.18. The first-order valence-electron chi connectivity index (χ1n) is 6.69. The minimum Gasteiger partial charge on any atom is -0.503 e. The number of rotatable bonds is 3. The Kier molecular flexibility index (Phi) is 4.98. The fourth-order valence-electron chi connectivity index (χ4n) is 2.58. The molecule has 1 aromatic carbocycles. The molecule has 1 amide bonds. The first kappa shape index (κ1) is 15.9. The van der Waals surface area contributed by atoms with E-state index in [1.807, 2.05) is 0 Å². The average molecular weight is 322 g/mol. The Hall–Kier alpha value is -1.43. The molecule has 1 aliphatic carbocycles. The second-order valence-electron chi connectivity index (χ2n) is 5.16. The maximum Gasteiger partial charge on any atom is 0.254 e. The number of phenolic OH excluding ortho intramolecular Hbond substituents is 1. The number of benzene rings is 1. The van der Waals surface area contributed by atoms with E-state index in [0.717, 1.165) is 19.3 Å². The molecule has 0 radical (unpaired) electrons. The highest BCUT2D eigenvalue weighted by Crippen LogP contribution is 2.28. The number of alkyl halides is 1. The van der Waals surface area contributed by atoms with Crippen molar-refractivity contribution in [2.45, 2.75) is 31.7 Å². The van der Waals surface area contributed by atoms with Crippen LogP contribution in [-0.2, 0) is 0 Å². The lowest BCUT2D eigenvalue weighted by Crippen LogP contribution is -2.43. The molecule has 1 saturated carbocycles. The van der Waals surface area contributed by atoms with E-state index in [2.05, 4.69) is 5.32 Å². The number of phenols is 1. The highest BCUT2D eigenvalue weighted by atomic mass is 35.5. The van der Waals surface area contributed by atoms with Gasteiger partial charge in [0.2, 0.25) is 5.82 Å². The van der Waals surface area contributed by atoms with Crippen LogP contribution >= 0.6 is 11.6 Å². The van der Waals surface area contributed by atoms with Crippen molar-refractivity contribution < 1.29 is 23.1 Å². The normalized spacial score (nSPS) is 22.1. The molecule has 2 atom stereocenters. The molecule has 0 bridgehead atoms. The van der Waals surface area contributed by atoms with Crippen LogP contribution in [-0.4, -0.2) is 22.9 Å². The van der Waals surface area contributed by atoms with E-state index in [-0.39, 0.29) is 12.0 Å². The summed E-state index contributed by atoms with van der Waals surface area (Å²) >= 11 is 5.83. The van der Waals surface area contributed by atoms with Gasteiger partial charge in [-0.25, -0.2) is 8.78 Å². The highest BCUT2D eigenvalue weighted by Gasteiger charge is 2.28. The topological polar surface area (TPSA) is 49.3 Å². The number of halogens is 4. The molecule has 3 nitrogen and oxygen atoms in total. The second-order valence-corrected chi connectivity index (χ2v) is 5.47. The zero-order valence-electron chi connectivity index (χ0n) is 11.1. The third-order valence-electron chi connectivity index (χ3n) is 3.80. The predicted molar refractivity (Wildman–Crippen MR) is 71.9 cm³/mol. The predicted octanol–water partition coefficient (Wildman–Crippen LogP) is 3.34. The lowest BCUT2D eigenvalue weighted by Gasteiger charge is -2.30. The molecule has 0 saturated heterocycles. The molecule has 21 heavy (non-hydrogen) atoms. The average Bonchev–Trinajstić information content (AvgIpc) is 2.49. The van der Waals surface area contributed by atoms with Gasteiger partial charge in [-0.15, -0.1) is 11.6 Å².